The third kappa shape index (κ3) is 5.87. The molecular weight excluding hydrogens is 434 g/mol. The first-order chi connectivity index (χ1) is 14.9. The zero-order chi connectivity index (χ0) is 22.3. The van der Waals surface area contributed by atoms with Gasteiger partial charge in [-0.3, -0.25) is 9.10 Å². The van der Waals surface area contributed by atoms with Gasteiger partial charge in [-0.15, -0.1) is 6.58 Å². The number of anilines is 1. The van der Waals surface area contributed by atoms with Crippen LogP contribution >= 0.6 is 11.6 Å². The molecule has 0 radical (unpaired) electrons. The van der Waals surface area contributed by atoms with Gasteiger partial charge in [0.25, 0.3) is 15.9 Å². The van der Waals surface area contributed by atoms with E-state index in [1.54, 1.807) is 24.3 Å². The number of hydrogen-bond donors (Lipinski definition) is 1. The fourth-order valence-corrected chi connectivity index (χ4v) is 5.57. The van der Waals surface area contributed by atoms with Gasteiger partial charge >= 0.3 is 0 Å². The Morgan fingerprint density at radius 2 is 1.84 bits per heavy atom. The summed E-state index contributed by atoms with van der Waals surface area (Å²) in [6.45, 7) is 7.14. The average molecular weight is 462 g/mol. The van der Waals surface area contributed by atoms with E-state index in [0.29, 0.717) is 12.2 Å². The number of likely N-dealkylation sites (tertiary alicyclic amines) is 1. The van der Waals surface area contributed by atoms with Gasteiger partial charge in [0.15, 0.2) is 0 Å². The maximum absolute atomic E-state index is 13.4. The van der Waals surface area contributed by atoms with Crippen LogP contribution in [0.25, 0.3) is 0 Å². The molecule has 0 unspecified atom stereocenters. The van der Waals surface area contributed by atoms with Crippen LogP contribution < -0.4 is 9.62 Å². The van der Waals surface area contributed by atoms with Crippen LogP contribution in [0.4, 0.5) is 5.69 Å². The number of hydrogen-bond acceptors (Lipinski definition) is 4. The van der Waals surface area contributed by atoms with Gasteiger partial charge in [-0.2, -0.15) is 0 Å². The Kier molecular flexibility index (Phi) is 8.12. The molecule has 0 spiro atoms. The Balaban J connectivity index is 1.78. The minimum absolute atomic E-state index is 0.0647. The standard InChI is InChI=1S/C23H28ClN3O3S/c1-2-14-27(20-9-5-3-6-10-20)31(29,30)22-18-19(11-12-21(22)24)23(28)25-13-17-26-15-7-4-8-16-26/h2-3,5-6,9-12,18H,1,4,7-8,13-17H2,(H,25,28). The van der Waals surface area contributed by atoms with E-state index in [4.69, 9.17) is 11.6 Å². The molecule has 166 valence electrons. The molecule has 1 N–H and O–H groups in total. The molecule has 1 aliphatic rings. The molecular formula is C23H28ClN3O3S. The van der Waals surface area contributed by atoms with Crippen molar-refractivity contribution in [1.29, 1.82) is 0 Å². The lowest BCUT2D eigenvalue weighted by Gasteiger charge is -2.26. The Morgan fingerprint density at radius 1 is 1.13 bits per heavy atom. The van der Waals surface area contributed by atoms with E-state index in [-0.39, 0.29) is 27.9 Å². The second-order valence-corrected chi connectivity index (χ2v) is 9.70. The second kappa shape index (κ2) is 10.8. The van der Waals surface area contributed by atoms with E-state index in [2.05, 4.69) is 16.8 Å². The van der Waals surface area contributed by atoms with E-state index >= 15 is 0 Å². The van der Waals surface area contributed by atoms with Crippen molar-refractivity contribution in [1.82, 2.24) is 10.2 Å². The number of nitrogens with one attached hydrogen (secondary N) is 1. The second-order valence-electron chi connectivity index (χ2n) is 7.46. The molecule has 2 aromatic rings. The Bertz CT molecular complexity index is 1010. The number of nitrogens with zero attached hydrogens (tertiary/aromatic N) is 2. The summed E-state index contributed by atoms with van der Waals surface area (Å²) in [6.07, 6.45) is 5.15. The fraction of sp³-hybridized carbons (Fsp3) is 0.348. The van der Waals surface area contributed by atoms with E-state index in [0.717, 1.165) is 19.6 Å². The number of carbonyl (C=O) groups is 1. The average Bonchev–Trinajstić information content (AvgIpc) is 2.78. The molecule has 1 saturated heterocycles. The molecule has 0 aromatic heterocycles. The van der Waals surface area contributed by atoms with Gasteiger partial charge in [0, 0.05) is 18.7 Å². The van der Waals surface area contributed by atoms with Gasteiger partial charge in [-0.05, 0) is 56.3 Å². The highest BCUT2D eigenvalue weighted by Crippen LogP contribution is 2.29. The SMILES string of the molecule is C=CCN(c1ccccc1)S(=O)(=O)c1cc(C(=O)NCCN2CCCCC2)ccc1Cl. The quantitative estimate of drug-likeness (QED) is 0.574. The molecule has 1 heterocycles. The van der Waals surface area contributed by atoms with Gasteiger partial charge < -0.3 is 10.2 Å². The molecule has 8 heteroatoms. The monoisotopic (exact) mass is 461 g/mol. The van der Waals surface area contributed by atoms with Gasteiger partial charge in [0.05, 0.1) is 17.3 Å². The summed E-state index contributed by atoms with van der Waals surface area (Å²) < 4.78 is 28.0. The van der Waals surface area contributed by atoms with Crippen molar-refractivity contribution in [3.63, 3.8) is 0 Å². The summed E-state index contributed by atoms with van der Waals surface area (Å²) in [5, 5.41) is 2.95. The molecule has 0 saturated carbocycles. The number of sulfonamides is 1. The van der Waals surface area contributed by atoms with E-state index < -0.39 is 10.0 Å². The number of halogens is 1. The number of benzene rings is 2. The number of piperidine rings is 1. The van der Waals surface area contributed by atoms with E-state index in [1.807, 2.05) is 6.07 Å². The first-order valence-corrected chi connectivity index (χ1v) is 12.2. The fourth-order valence-electron chi connectivity index (χ4n) is 3.63. The van der Waals surface area contributed by atoms with Crippen LogP contribution in [0.15, 0.2) is 66.1 Å². The van der Waals surface area contributed by atoms with Crippen molar-refractivity contribution in [3.05, 3.63) is 71.8 Å². The van der Waals surface area contributed by atoms with Crippen LogP contribution in [0.5, 0.6) is 0 Å². The highest BCUT2D eigenvalue weighted by Gasteiger charge is 2.27. The minimum Gasteiger partial charge on any atom is -0.351 e. The summed E-state index contributed by atoms with van der Waals surface area (Å²) in [7, 11) is -4.00. The number of para-hydroxylation sites is 1. The maximum atomic E-state index is 13.4. The Morgan fingerprint density at radius 3 is 2.52 bits per heavy atom. The number of rotatable bonds is 9. The van der Waals surface area contributed by atoms with Gasteiger partial charge in [0.1, 0.15) is 4.90 Å². The lowest BCUT2D eigenvalue weighted by molar-refractivity contribution is 0.0946. The Hall–Kier alpha value is -2.35. The van der Waals surface area contributed by atoms with Crippen LogP contribution in [-0.4, -0.2) is 51.9 Å². The maximum Gasteiger partial charge on any atom is 0.266 e. The van der Waals surface area contributed by atoms with Crippen LogP contribution in [-0.2, 0) is 10.0 Å². The van der Waals surface area contributed by atoms with Gasteiger partial charge in [-0.25, -0.2) is 8.42 Å². The van der Waals surface area contributed by atoms with Gasteiger partial charge in [-0.1, -0.05) is 42.3 Å². The first-order valence-electron chi connectivity index (χ1n) is 10.4. The van der Waals surface area contributed by atoms with Crippen molar-refractivity contribution in [2.75, 3.05) is 37.0 Å². The summed E-state index contributed by atoms with van der Waals surface area (Å²) in [4.78, 5) is 14.9. The molecule has 2 aromatic carbocycles. The van der Waals surface area contributed by atoms with Crippen LogP contribution in [0, 0.1) is 0 Å². The van der Waals surface area contributed by atoms with Crippen LogP contribution in [0.3, 0.4) is 0 Å². The zero-order valence-corrected chi connectivity index (χ0v) is 19.0. The lowest BCUT2D eigenvalue weighted by Crippen LogP contribution is -2.37. The lowest BCUT2D eigenvalue weighted by atomic mass is 10.1. The molecule has 6 nitrogen and oxygen atoms in total. The highest BCUT2D eigenvalue weighted by molar-refractivity contribution is 7.93. The summed E-state index contributed by atoms with van der Waals surface area (Å²) >= 11 is 6.25. The molecule has 1 amide bonds. The van der Waals surface area contributed by atoms with Crippen molar-refractivity contribution in [2.45, 2.75) is 24.2 Å². The van der Waals surface area contributed by atoms with Crippen molar-refractivity contribution < 1.29 is 13.2 Å². The summed E-state index contributed by atoms with van der Waals surface area (Å²) in [5.74, 6) is -0.319. The topological polar surface area (TPSA) is 69.7 Å². The van der Waals surface area contributed by atoms with Crippen molar-refractivity contribution in [3.8, 4) is 0 Å². The Labute approximate surface area is 189 Å². The molecule has 1 aliphatic heterocycles. The highest BCUT2D eigenvalue weighted by atomic mass is 35.5. The first kappa shape index (κ1) is 23.3. The van der Waals surface area contributed by atoms with Crippen LogP contribution in [0.1, 0.15) is 29.6 Å². The van der Waals surface area contributed by atoms with Crippen molar-refractivity contribution >= 4 is 33.2 Å². The largest absolute Gasteiger partial charge is 0.351 e. The minimum atomic E-state index is -4.00. The molecule has 3 rings (SSSR count). The van der Waals surface area contributed by atoms with Crippen molar-refractivity contribution in [2.24, 2.45) is 0 Å². The number of carbonyl (C=O) groups excluding carboxylic acids is 1. The van der Waals surface area contributed by atoms with Gasteiger partial charge in [0.2, 0.25) is 0 Å². The molecule has 0 aliphatic carbocycles. The van der Waals surface area contributed by atoms with Crippen LogP contribution in [0.2, 0.25) is 5.02 Å². The predicted octanol–water partition coefficient (Wildman–Crippen LogP) is 3.94. The smallest absolute Gasteiger partial charge is 0.266 e. The molecule has 1 fully saturated rings. The summed E-state index contributed by atoms with van der Waals surface area (Å²) in [5.41, 5.74) is 0.753. The molecule has 0 atom stereocenters. The predicted molar refractivity (Wildman–Crippen MR) is 125 cm³/mol. The number of amides is 1. The summed E-state index contributed by atoms with van der Waals surface area (Å²) in [6, 6.07) is 13.1. The third-order valence-electron chi connectivity index (χ3n) is 5.26. The van der Waals surface area contributed by atoms with E-state index in [1.165, 1.54) is 47.8 Å². The zero-order valence-electron chi connectivity index (χ0n) is 17.5. The van der Waals surface area contributed by atoms with E-state index in [9.17, 15) is 13.2 Å². The normalized spacial score (nSPS) is 14.7. The third-order valence-corrected chi connectivity index (χ3v) is 7.54. The molecule has 0 bridgehead atoms. The molecule has 31 heavy (non-hydrogen) atoms.